The lowest BCUT2D eigenvalue weighted by atomic mass is 9.57. The number of nitrogens with two attached hydrogens (primary N) is 1. The van der Waals surface area contributed by atoms with Crippen molar-refractivity contribution in [3.63, 3.8) is 0 Å². The van der Waals surface area contributed by atoms with E-state index in [0.29, 0.717) is 12.8 Å². The summed E-state index contributed by atoms with van der Waals surface area (Å²) in [6, 6.07) is 7.70. The van der Waals surface area contributed by atoms with E-state index in [1.165, 1.54) is 6.92 Å². The Bertz CT molecular complexity index is 927. The molecule has 0 aliphatic heterocycles. The number of primary amides is 1. The van der Waals surface area contributed by atoms with Crippen LogP contribution in [0, 0.1) is 5.41 Å². The Labute approximate surface area is 168 Å². The van der Waals surface area contributed by atoms with E-state index in [1.54, 1.807) is 0 Å². The van der Waals surface area contributed by atoms with E-state index < -0.39 is 17.2 Å². The van der Waals surface area contributed by atoms with Gasteiger partial charge in [0, 0.05) is 12.6 Å². The van der Waals surface area contributed by atoms with Crippen molar-refractivity contribution in [3.8, 4) is 0 Å². The molecule has 29 heavy (non-hydrogen) atoms. The van der Waals surface area contributed by atoms with Gasteiger partial charge in [-0.05, 0) is 48.8 Å². The van der Waals surface area contributed by atoms with Crippen LogP contribution in [-0.2, 0) is 24.6 Å². The Morgan fingerprint density at radius 2 is 1.59 bits per heavy atom. The number of fused-ring (bicyclic) bond motifs is 1. The lowest BCUT2D eigenvalue weighted by Gasteiger charge is -2.46. The normalized spacial score (nSPS) is 24.0. The molecule has 3 aliphatic carbocycles. The highest BCUT2D eigenvalue weighted by atomic mass is 16.2. The molecule has 152 valence electrons. The number of hydrogen-bond acceptors (Lipinski definition) is 4. The Kier molecular flexibility index (Phi) is 5.04. The molecule has 2 bridgehead atoms. The lowest BCUT2D eigenvalue weighted by Crippen LogP contribution is -2.51. The van der Waals surface area contributed by atoms with Crippen LogP contribution in [-0.4, -0.2) is 23.6 Å². The fourth-order valence-electron chi connectivity index (χ4n) is 4.41. The molecule has 1 aromatic carbocycles. The number of nitrogens with one attached hydrogen (secondary N) is 3. The van der Waals surface area contributed by atoms with Crippen LogP contribution >= 0.6 is 0 Å². The van der Waals surface area contributed by atoms with Gasteiger partial charge in [-0.25, -0.2) is 0 Å². The number of carbonyl (C=O) groups excluding carboxylic acids is 4. The second-order valence-electron chi connectivity index (χ2n) is 7.90. The van der Waals surface area contributed by atoms with E-state index in [9.17, 15) is 19.2 Å². The minimum absolute atomic E-state index is 0.0596. The third-order valence-electron chi connectivity index (χ3n) is 5.84. The molecule has 0 radical (unpaired) electrons. The first-order chi connectivity index (χ1) is 13.6. The van der Waals surface area contributed by atoms with Crippen molar-refractivity contribution >= 4 is 29.3 Å². The number of hydrogen-bond donors (Lipinski definition) is 4. The fraction of sp³-hybridized carbons (Fsp3) is 0.333. The highest BCUT2D eigenvalue weighted by molar-refractivity contribution is 6.03. The summed E-state index contributed by atoms with van der Waals surface area (Å²) in [7, 11) is 0. The van der Waals surface area contributed by atoms with E-state index in [-0.39, 0.29) is 28.6 Å². The van der Waals surface area contributed by atoms with Gasteiger partial charge in [-0.1, -0.05) is 25.3 Å². The molecule has 0 aromatic heterocycles. The second kappa shape index (κ2) is 7.20. The molecule has 4 rings (SSSR count). The van der Waals surface area contributed by atoms with Crippen molar-refractivity contribution in [3.05, 3.63) is 54.4 Å². The van der Waals surface area contributed by atoms with E-state index in [0.717, 1.165) is 24.1 Å². The summed E-state index contributed by atoms with van der Waals surface area (Å²) in [6.45, 7) is 8.36. The molecule has 0 unspecified atom stereocenters. The van der Waals surface area contributed by atoms with Gasteiger partial charge in [0.1, 0.15) is 0 Å². The van der Waals surface area contributed by atoms with Gasteiger partial charge in [0.05, 0.1) is 16.8 Å². The number of amides is 4. The largest absolute Gasteiger partial charge is 0.364 e. The van der Waals surface area contributed by atoms with E-state index in [2.05, 4.69) is 29.1 Å². The van der Waals surface area contributed by atoms with Crippen molar-refractivity contribution in [1.82, 2.24) is 10.6 Å². The number of rotatable bonds is 7. The standard InChI is InChI=1S/C21H24N4O4/c1-12(17(22)27)23-18(28)13(2)24-19(29)21-9-8-20(10-21,11-21)15-4-6-16(7-5-15)25-14(3)26/h4-7H,1-2,8-11H2,3H3,(H2,22,27)(H,23,28)(H,24,29)(H,25,26). The molecule has 0 heterocycles. The first-order valence-electron chi connectivity index (χ1n) is 9.25. The van der Waals surface area contributed by atoms with Crippen molar-refractivity contribution in [2.75, 3.05) is 5.32 Å². The average Bonchev–Trinajstić information content (AvgIpc) is 3.19. The smallest absolute Gasteiger partial charge is 0.271 e. The summed E-state index contributed by atoms with van der Waals surface area (Å²) in [5.41, 5.74) is 5.89. The van der Waals surface area contributed by atoms with Gasteiger partial charge in [0.15, 0.2) is 0 Å². The van der Waals surface area contributed by atoms with Gasteiger partial charge in [-0.3, -0.25) is 19.2 Å². The van der Waals surface area contributed by atoms with Crippen molar-refractivity contribution in [2.45, 2.75) is 38.0 Å². The lowest BCUT2D eigenvalue weighted by molar-refractivity contribution is -0.136. The quantitative estimate of drug-likeness (QED) is 0.516. The Morgan fingerprint density at radius 1 is 0.966 bits per heavy atom. The molecule has 8 heteroatoms. The number of anilines is 1. The van der Waals surface area contributed by atoms with E-state index >= 15 is 0 Å². The molecule has 1 aromatic rings. The fourth-order valence-corrected chi connectivity index (χ4v) is 4.41. The second-order valence-corrected chi connectivity index (χ2v) is 7.90. The van der Waals surface area contributed by atoms with Crippen LogP contribution < -0.4 is 21.7 Å². The molecule has 3 fully saturated rings. The first kappa shape index (κ1) is 20.3. The third-order valence-corrected chi connectivity index (χ3v) is 5.84. The Hall–Kier alpha value is -3.42. The molecule has 0 saturated heterocycles. The van der Waals surface area contributed by atoms with Crippen LogP contribution in [0.15, 0.2) is 48.8 Å². The highest BCUT2D eigenvalue weighted by Crippen LogP contribution is 2.67. The maximum absolute atomic E-state index is 12.8. The van der Waals surface area contributed by atoms with Gasteiger partial charge in [-0.2, -0.15) is 0 Å². The van der Waals surface area contributed by atoms with Gasteiger partial charge in [0.2, 0.25) is 11.8 Å². The molecule has 8 nitrogen and oxygen atoms in total. The Morgan fingerprint density at radius 3 is 2.14 bits per heavy atom. The van der Waals surface area contributed by atoms with Crippen LogP contribution in [0.5, 0.6) is 0 Å². The van der Waals surface area contributed by atoms with E-state index in [1.807, 2.05) is 24.3 Å². The molecular weight excluding hydrogens is 372 g/mol. The zero-order valence-corrected chi connectivity index (χ0v) is 16.3. The van der Waals surface area contributed by atoms with Gasteiger partial charge in [0.25, 0.3) is 11.8 Å². The summed E-state index contributed by atoms with van der Waals surface area (Å²) >= 11 is 0. The molecule has 0 atom stereocenters. The maximum Gasteiger partial charge on any atom is 0.271 e. The van der Waals surface area contributed by atoms with Crippen LogP contribution in [0.2, 0.25) is 0 Å². The van der Waals surface area contributed by atoms with Gasteiger partial charge < -0.3 is 21.7 Å². The molecule has 4 amide bonds. The summed E-state index contributed by atoms with van der Waals surface area (Å²) in [5, 5.41) is 7.50. The summed E-state index contributed by atoms with van der Waals surface area (Å²) < 4.78 is 0. The van der Waals surface area contributed by atoms with Crippen molar-refractivity contribution in [1.29, 1.82) is 0 Å². The van der Waals surface area contributed by atoms with Crippen LogP contribution in [0.3, 0.4) is 0 Å². The molecule has 5 N–H and O–H groups in total. The SMILES string of the molecule is C=C(NC(=O)C(=C)NC(=O)C12CCC(c3ccc(NC(C)=O)cc3)(C1)C2)C(N)=O. The predicted octanol–water partition coefficient (Wildman–Crippen LogP) is 1.20. The van der Waals surface area contributed by atoms with Gasteiger partial charge >= 0.3 is 0 Å². The first-order valence-corrected chi connectivity index (χ1v) is 9.25. The predicted molar refractivity (Wildman–Crippen MR) is 107 cm³/mol. The molecule has 0 spiro atoms. The van der Waals surface area contributed by atoms with E-state index in [4.69, 9.17) is 5.73 Å². The van der Waals surface area contributed by atoms with Crippen molar-refractivity contribution < 1.29 is 19.2 Å². The summed E-state index contributed by atoms with van der Waals surface area (Å²) in [6.07, 6.45) is 2.97. The zero-order valence-electron chi connectivity index (χ0n) is 16.3. The Balaban J connectivity index is 1.60. The van der Waals surface area contributed by atoms with Crippen LogP contribution in [0.25, 0.3) is 0 Å². The minimum Gasteiger partial charge on any atom is -0.364 e. The van der Waals surface area contributed by atoms with Crippen LogP contribution in [0.4, 0.5) is 5.69 Å². The number of carbonyl (C=O) groups is 4. The van der Waals surface area contributed by atoms with Crippen LogP contribution in [0.1, 0.15) is 38.2 Å². The third kappa shape index (κ3) is 3.78. The van der Waals surface area contributed by atoms with Gasteiger partial charge in [-0.15, -0.1) is 0 Å². The maximum atomic E-state index is 12.8. The number of benzene rings is 1. The molecule has 3 saturated carbocycles. The minimum atomic E-state index is -0.861. The average molecular weight is 396 g/mol. The highest BCUT2D eigenvalue weighted by Gasteiger charge is 2.64. The zero-order chi connectivity index (χ0) is 21.4. The molecule has 3 aliphatic rings. The monoisotopic (exact) mass is 396 g/mol. The molecular formula is C21H24N4O4. The topological polar surface area (TPSA) is 130 Å². The summed E-state index contributed by atoms with van der Waals surface area (Å²) in [5.74, 6) is -1.96. The van der Waals surface area contributed by atoms with Crippen molar-refractivity contribution in [2.24, 2.45) is 11.1 Å². The summed E-state index contributed by atoms with van der Waals surface area (Å²) in [4.78, 5) is 46.9.